The summed E-state index contributed by atoms with van der Waals surface area (Å²) in [6.07, 6.45) is 0. The number of hydrogen-bond acceptors (Lipinski definition) is 4. The quantitative estimate of drug-likeness (QED) is 0.787. The van der Waals surface area contributed by atoms with E-state index in [1.807, 2.05) is 19.1 Å². The molecule has 1 aromatic carbocycles. The van der Waals surface area contributed by atoms with Crippen LogP contribution in [0.2, 0.25) is 5.02 Å². The number of nitrogens with one attached hydrogen (secondary N) is 1. The largest absolute Gasteiger partial charge is 0.360 e. The van der Waals surface area contributed by atoms with E-state index < -0.39 is 13.2 Å². The monoisotopic (exact) mass is 356 g/mol. The van der Waals surface area contributed by atoms with Crippen LogP contribution in [0, 0.1) is 6.92 Å². The number of anilines is 1. The maximum atomic E-state index is 13.7. The van der Waals surface area contributed by atoms with Crippen LogP contribution in [0.1, 0.15) is 17.1 Å². The average molecular weight is 357 g/mol. The zero-order valence-electron chi connectivity index (χ0n) is 13.9. The first-order valence-corrected chi connectivity index (χ1v) is 9.21. The molecule has 1 aromatic heterocycles. The summed E-state index contributed by atoms with van der Waals surface area (Å²) >= 11 is 5.98. The van der Waals surface area contributed by atoms with Crippen molar-refractivity contribution in [1.29, 1.82) is 0 Å². The van der Waals surface area contributed by atoms with E-state index in [-0.39, 0.29) is 0 Å². The fourth-order valence-electron chi connectivity index (χ4n) is 2.40. The van der Waals surface area contributed by atoms with Gasteiger partial charge in [0.25, 0.3) is 0 Å². The lowest BCUT2D eigenvalue weighted by atomic mass is 10.2. The van der Waals surface area contributed by atoms with Gasteiger partial charge in [-0.05, 0) is 52.8 Å². The number of halogens is 1. The van der Waals surface area contributed by atoms with Crippen LogP contribution < -0.4 is 5.32 Å². The third-order valence-corrected chi connectivity index (χ3v) is 7.23. The maximum Gasteiger partial charge on any atom is 0.241 e. The molecule has 0 aliphatic rings. The van der Waals surface area contributed by atoms with Gasteiger partial charge in [-0.15, -0.1) is 0 Å². The summed E-state index contributed by atoms with van der Waals surface area (Å²) in [6, 6.07) is 9.09. The lowest BCUT2D eigenvalue weighted by Gasteiger charge is -2.37. The molecule has 8 heteroatoms. The predicted octanol–water partition coefficient (Wildman–Crippen LogP) is 4.06. The summed E-state index contributed by atoms with van der Waals surface area (Å²) < 4.78 is 22.3. The number of hydrogen-bond donors (Lipinski definition) is 1. The molecule has 0 aliphatic heterocycles. The van der Waals surface area contributed by atoms with E-state index in [0.29, 0.717) is 16.6 Å². The van der Waals surface area contributed by atoms with E-state index in [0.717, 1.165) is 5.56 Å². The van der Waals surface area contributed by atoms with Gasteiger partial charge >= 0.3 is 0 Å². The second-order valence-electron chi connectivity index (χ2n) is 5.70. The Balaban J connectivity index is 2.49. The second kappa shape index (κ2) is 7.05. The Bertz CT molecular complexity index is 688. The van der Waals surface area contributed by atoms with E-state index in [1.54, 1.807) is 55.7 Å². The lowest BCUT2D eigenvalue weighted by molar-refractivity contribution is 0.399. The van der Waals surface area contributed by atoms with Crippen molar-refractivity contribution in [2.24, 2.45) is 0 Å². The van der Waals surface area contributed by atoms with Crippen LogP contribution in [-0.4, -0.2) is 42.7 Å². The minimum absolute atomic E-state index is 0.478. The van der Waals surface area contributed by atoms with Crippen molar-refractivity contribution in [2.45, 2.75) is 12.7 Å². The molecule has 0 fully saturated rings. The van der Waals surface area contributed by atoms with Crippen molar-refractivity contribution in [3.63, 3.8) is 0 Å². The van der Waals surface area contributed by atoms with Gasteiger partial charge in [0.15, 0.2) is 5.82 Å². The van der Waals surface area contributed by atoms with Gasteiger partial charge in [-0.3, -0.25) is 4.57 Å². The number of nitrogens with zero attached hydrogens (tertiary/aromatic N) is 3. The topological polar surface area (TPSA) is 61.6 Å². The third-order valence-electron chi connectivity index (χ3n) is 3.58. The second-order valence-corrected chi connectivity index (χ2v) is 9.44. The van der Waals surface area contributed by atoms with E-state index in [1.165, 1.54) is 0 Å². The van der Waals surface area contributed by atoms with Crippen molar-refractivity contribution in [1.82, 2.24) is 14.5 Å². The molecular weight excluding hydrogens is 335 g/mol. The molecule has 1 unspecified atom stereocenters. The molecule has 0 spiro atoms. The van der Waals surface area contributed by atoms with Crippen molar-refractivity contribution in [2.75, 3.05) is 33.5 Å². The normalized spacial score (nSPS) is 13.6. The van der Waals surface area contributed by atoms with E-state index in [9.17, 15) is 4.57 Å². The number of benzene rings is 1. The fraction of sp³-hybridized carbons (Fsp3) is 0.400. The average Bonchev–Trinajstić information content (AvgIpc) is 2.90. The Morgan fingerprint density at radius 2 is 1.74 bits per heavy atom. The van der Waals surface area contributed by atoms with Gasteiger partial charge in [0.1, 0.15) is 11.5 Å². The molecule has 1 heterocycles. The summed E-state index contributed by atoms with van der Waals surface area (Å²) in [5, 5.41) is 7.84. The molecule has 0 radical (unpaired) electrons. The van der Waals surface area contributed by atoms with Crippen molar-refractivity contribution in [3.05, 3.63) is 46.7 Å². The summed E-state index contributed by atoms with van der Waals surface area (Å²) in [6.45, 7) is 1.81. The van der Waals surface area contributed by atoms with Gasteiger partial charge in [0.2, 0.25) is 7.44 Å². The fourth-order valence-corrected chi connectivity index (χ4v) is 5.03. The highest BCUT2D eigenvalue weighted by Gasteiger charge is 2.39. The van der Waals surface area contributed by atoms with Crippen LogP contribution in [0.15, 0.2) is 34.9 Å². The number of aromatic nitrogens is 1. The Kier molecular flexibility index (Phi) is 5.53. The van der Waals surface area contributed by atoms with E-state index >= 15 is 0 Å². The van der Waals surface area contributed by atoms with Gasteiger partial charge in [0, 0.05) is 11.1 Å². The summed E-state index contributed by atoms with van der Waals surface area (Å²) in [4.78, 5) is 0. The molecule has 2 rings (SSSR count). The summed E-state index contributed by atoms with van der Waals surface area (Å²) in [7, 11) is 4.28. The molecule has 126 valence electrons. The van der Waals surface area contributed by atoms with Crippen LogP contribution in [-0.2, 0) is 4.57 Å². The molecule has 1 atom stereocenters. The Morgan fingerprint density at radius 3 is 2.17 bits per heavy atom. The minimum atomic E-state index is -2.94. The zero-order chi connectivity index (χ0) is 17.2. The highest BCUT2D eigenvalue weighted by atomic mass is 35.5. The SMILES string of the molecule is Cc1cc(NC(c2ccc(Cl)cc2)P(=O)(N(C)C)N(C)C)no1. The molecule has 0 aliphatic carbocycles. The highest BCUT2D eigenvalue weighted by Crippen LogP contribution is 2.61. The minimum Gasteiger partial charge on any atom is -0.360 e. The van der Waals surface area contributed by atoms with Crippen LogP contribution in [0.5, 0.6) is 0 Å². The van der Waals surface area contributed by atoms with Crippen LogP contribution in [0.3, 0.4) is 0 Å². The van der Waals surface area contributed by atoms with E-state index in [4.69, 9.17) is 16.1 Å². The molecule has 0 bridgehead atoms. The summed E-state index contributed by atoms with van der Waals surface area (Å²) in [5.74, 6) is 0.757. The maximum absolute atomic E-state index is 13.7. The molecule has 6 nitrogen and oxygen atoms in total. The van der Waals surface area contributed by atoms with Crippen molar-refractivity contribution < 1.29 is 9.09 Å². The smallest absolute Gasteiger partial charge is 0.241 e. The van der Waals surface area contributed by atoms with Gasteiger partial charge in [-0.2, -0.15) is 0 Å². The summed E-state index contributed by atoms with van der Waals surface area (Å²) in [5.41, 5.74) is 0.862. The highest BCUT2D eigenvalue weighted by molar-refractivity contribution is 7.59. The van der Waals surface area contributed by atoms with Gasteiger partial charge in [-0.25, -0.2) is 9.34 Å². The first-order chi connectivity index (χ1) is 10.7. The first-order valence-electron chi connectivity index (χ1n) is 7.15. The lowest BCUT2D eigenvalue weighted by Crippen LogP contribution is -2.29. The molecule has 2 aromatic rings. The number of aryl methyl sites for hydroxylation is 1. The molecule has 0 saturated carbocycles. The standard InChI is InChI=1S/C15H22ClN4O2P/c1-11-10-14(18-22-11)17-15(12-6-8-13(16)9-7-12)23(21,19(2)3)20(4)5/h6-10,15H,1-5H3,(H,17,18). The van der Waals surface area contributed by atoms with Crippen LogP contribution >= 0.6 is 19.0 Å². The zero-order valence-corrected chi connectivity index (χ0v) is 15.6. The van der Waals surface area contributed by atoms with Gasteiger partial charge in [-0.1, -0.05) is 28.9 Å². The van der Waals surface area contributed by atoms with Crippen molar-refractivity contribution in [3.8, 4) is 0 Å². The van der Waals surface area contributed by atoms with Crippen LogP contribution in [0.4, 0.5) is 5.82 Å². The predicted molar refractivity (Wildman–Crippen MR) is 94.0 cm³/mol. The third kappa shape index (κ3) is 3.78. The van der Waals surface area contributed by atoms with Gasteiger partial charge in [0.05, 0.1) is 0 Å². The van der Waals surface area contributed by atoms with Gasteiger partial charge < -0.3 is 9.84 Å². The number of rotatable bonds is 6. The Morgan fingerprint density at radius 1 is 1.17 bits per heavy atom. The van der Waals surface area contributed by atoms with Crippen LogP contribution in [0.25, 0.3) is 0 Å². The Labute approximate surface area is 141 Å². The molecule has 1 N–H and O–H groups in total. The van der Waals surface area contributed by atoms with Crippen molar-refractivity contribution >= 4 is 24.9 Å². The molecule has 23 heavy (non-hydrogen) atoms. The molecular formula is C15H22ClN4O2P. The Hall–Kier alpha value is -1.33. The molecule has 0 amide bonds. The van der Waals surface area contributed by atoms with E-state index in [2.05, 4.69) is 10.5 Å². The first kappa shape index (κ1) is 18.0. The molecule has 0 saturated heterocycles.